The summed E-state index contributed by atoms with van der Waals surface area (Å²) in [6, 6.07) is 7.15. The highest BCUT2D eigenvalue weighted by molar-refractivity contribution is 6.18. The van der Waals surface area contributed by atoms with Crippen molar-refractivity contribution < 1.29 is 9.59 Å². The van der Waals surface area contributed by atoms with E-state index in [2.05, 4.69) is 12.2 Å². The lowest BCUT2D eigenvalue weighted by molar-refractivity contribution is -0.116. The number of alkyl halides is 1. The number of nitrogens with one attached hydrogen (secondary N) is 1. The minimum absolute atomic E-state index is 0.0451. The Bertz CT molecular complexity index is 525. The van der Waals surface area contributed by atoms with Gasteiger partial charge in [0.2, 0.25) is 5.91 Å². The molecule has 0 spiro atoms. The number of benzene rings is 1. The van der Waals surface area contributed by atoms with E-state index in [9.17, 15) is 9.59 Å². The Kier molecular flexibility index (Phi) is 6.25. The van der Waals surface area contributed by atoms with Gasteiger partial charge in [0.05, 0.1) is 0 Å². The molecule has 0 atom stereocenters. The summed E-state index contributed by atoms with van der Waals surface area (Å²) in [5.74, 6) is 1.14. The summed E-state index contributed by atoms with van der Waals surface area (Å²) < 4.78 is 0. The van der Waals surface area contributed by atoms with Crippen molar-refractivity contribution >= 4 is 29.1 Å². The van der Waals surface area contributed by atoms with Crippen LogP contribution in [0.4, 0.5) is 5.69 Å². The van der Waals surface area contributed by atoms with E-state index in [0.717, 1.165) is 25.9 Å². The highest BCUT2D eigenvalue weighted by Crippen LogP contribution is 2.19. The van der Waals surface area contributed by atoms with E-state index in [1.807, 2.05) is 4.90 Å². The van der Waals surface area contributed by atoms with Gasteiger partial charge in [-0.1, -0.05) is 13.0 Å². The molecular formula is C17H23ClN2O2. The zero-order valence-electron chi connectivity index (χ0n) is 13.0. The van der Waals surface area contributed by atoms with E-state index in [4.69, 9.17) is 11.6 Å². The normalized spacial score (nSPS) is 15.6. The monoisotopic (exact) mass is 322 g/mol. The molecule has 0 bridgehead atoms. The van der Waals surface area contributed by atoms with Gasteiger partial charge < -0.3 is 10.2 Å². The molecule has 1 aliphatic rings. The third-order valence-electron chi connectivity index (χ3n) is 4.00. The highest BCUT2D eigenvalue weighted by atomic mass is 35.5. The average Bonchev–Trinajstić information content (AvgIpc) is 2.53. The summed E-state index contributed by atoms with van der Waals surface area (Å²) in [7, 11) is 0. The molecule has 0 aromatic heterocycles. The molecule has 0 radical (unpaired) electrons. The molecule has 1 saturated heterocycles. The predicted molar refractivity (Wildman–Crippen MR) is 89.3 cm³/mol. The molecule has 1 aromatic rings. The lowest BCUT2D eigenvalue weighted by atomic mass is 9.98. The van der Waals surface area contributed by atoms with Crippen molar-refractivity contribution in [2.24, 2.45) is 5.92 Å². The number of rotatable bonds is 5. The maximum atomic E-state index is 12.5. The lowest BCUT2D eigenvalue weighted by Gasteiger charge is -2.30. The molecular weight excluding hydrogens is 300 g/mol. The molecule has 22 heavy (non-hydrogen) atoms. The first-order valence-corrected chi connectivity index (χ1v) is 8.38. The van der Waals surface area contributed by atoms with Crippen LogP contribution >= 0.6 is 11.6 Å². The molecule has 2 amide bonds. The maximum absolute atomic E-state index is 12.5. The van der Waals surface area contributed by atoms with Gasteiger partial charge in [-0.3, -0.25) is 9.59 Å². The minimum atomic E-state index is -0.0722. The van der Waals surface area contributed by atoms with E-state index in [1.54, 1.807) is 24.3 Å². The lowest BCUT2D eigenvalue weighted by Crippen LogP contribution is -2.37. The Labute approximate surface area is 136 Å². The number of hydrogen-bond donors (Lipinski definition) is 1. The first-order valence-electron chi connectivity index (χ1n) is 7.85. The molecule has 1 heterocycles. The van der Waals surface area contributed by atoms with Crippen molar-refractivity contribution in [1.29, 1.82) is 0 Å². The average molecular weight is 323 g/mol. The molecule has 0 saturated carbocycles. The van der Waals surface area contributed by atoms with Gasteiger partial charge in [0.25, 0.3) is 5.91 Å². The number of nitrogens with zero attached hydrogens (tertiary/aromatic N) is 1. The van der Waals surface area contributed by atoms with Gasteiger partial charge in [-0.2, -0.15) is 0 Å². The fourth-order valence-corrected chi connectivity index (χ4v) is 2.71. The quantitative estimate of drug-likeness (QED) is 0.843. The Morgan fingerprint density at radius 1 is 1.32 bits per heavy atom. The number of hydrogen-bond acceptors (Lipinski definition) is 2. The Morgan fingerprint density at radius 3 is 2.73 bits per heavy atom. The van der Waals surface area contributed by atoms with Crippen LogP contribution in [0.2, 0.25) is 0 Å². The fourth-order valence-electron chi connectivity index (χ4n) is 2.58. The number of amides is 2. The Balaban J connectivity index is 1.98. The summed E-state index contributed by atoms with van der Waals surface area (Å²) in [6.45, 7) is 3.84. The van der Waals surface area contributed by atoms with Crippen molar-refractivity contribution in [1.82, 2.24) is 4.90 Å². The number of halogens is 1. The van der Waals surface area contributed by atoms with Gasteiger partial charge >= 0.3 is 0 Å². The van der Waals surface area contributed by atoms with Crippen LogP contribution in [0.25, 0.3) is 0 Å². The van der Waals surface area contributed by atoms with Crippen LogP contribution in [0.5, 0.6) is 0 Å². The van der Waals surface area contributed by atoms with Crippen LogP contribution in [0, 0.1) is 5.92 Å². The van der Waals surface area contributed by atoms with Gasteiger partial charge in [0.15, 0.2) is 0 Å². The van der Waals surface area contributed by atoms with E-state index in [-0.39, 0.29) is 11.8 Å². The molecule has 0 unspecified atom stereocenters. The van der Waals surface area contributed by atoms with Gasteiger partial charge in [0.1, 0.15) is 0 Å². The van der Waals surface area contributed by atoms with Gasteiger partial charge in [0, 0.05) is 36.6 Å². The van der Waals surface area contributed by atoms with Crippen LogP contribution in [-0.2, 0) is 4.79 Å². The van der Waals surface area contributed by atoms with Crippen molar-refractivity contribution in [3.05, 3.63) is 29.8 Å². The molecule has 120 valence electrons. The van der Waals surface area contributed by atoms with Crippen LogP contribution in [-0.4, -0.2) is 35.7 Å². The van der Waals surface area contributed by atoms with E-state index in [1.165, 1.54) is 0 Å². The number of carbonyl (C=O) groups is 2. The Morgan fingerprint density at radius 2 is 2.05 bits per heavy atom. The second-order valence-electron chi connectivity index (χ2n) is 5.90. The van der Waals surface area contributed by atoms with Crippen molar-refractivity contribution in [2.45, 2.75) is 32.6 Å². The summed E-state index contributed by atoms with van der Waals surface area (Å²) in [4.78, 5) is 26.1. The molecule has 2 rings (SSSR count). The molecule has 1 aliphatic heterocycles. The second kappa shape index (κ2) is 8.18. The minimum Gasteiger partial charge on any atom is -0.339 e. The van der Waals surface area contributed by atoms with Crippen molar-refractivity contribution in [3.63, 3.8) is 0 Å². The van der Waals surface area contributed by atoms with E-state index >= 15 is 0 Å². The first-order chi connectivity index (χ1) is 10.6. The number of piperidine rings is 1. The van der Waals surface area contributed by atoms with Gasteiger partial charge in [-0.15, -0.1) is 11.6 Å². The third-order valence-corrected chi connectivity index (χ3v) is 4.27. The van der Waals surface area contributed by atoms with Crippen LogP contribution in [0.3, 0.4) is 0 Å². The number of carbonyl (C=O) groups excluding carboxylic acids is 2. The van der Waals surface area contributed by atoms with E-state index < -0.39 is 0 Å². The van der Waals surface area contributed by atoms with Gasteiger partial charge in [-0.25, -0.2) is 0 Å². The Hall–Kier alpha value is -1.55. The van der Waals surface area contributed by atoms with Crippen molar-refractivity contribution in [2.75, 3.05) is 24.3 Å². The molecule has 1 aromatic carbocycles. The van der Waals surface area contributed by atoms with E-state index in [0.29, 0.717) is 35.9 Å². The second-order valence-corrected chi connectivity index (χ2v) is 6.27. The predicted octanol–water partition coefficient (Wildman–Crippen LogP) is 3.52. The summed E-state index contributed by atoms with van der Waals surface area (Å²) in [5.41, 5.74) is 1.29. The maximum Gasteiger partial charge on any atom is 0.253 e. The largest absolute Gasteiger partial charge is 0.339 e. The summed E-state index contributed by atoms with van der Waals surface area (Å²) in [5, 5.41) is 2.81. The molecule has 0 aliphatic carbocycles. The molecule has 1 N–H and O–H groups in total. The molecule has 5 heteroatoms. The van der Waals surface area contributed by atoms with Crippen LogP contribution < -0.4 is 5.32 Å². The zero-order valence-corrected chi connectivity index (χ0v) is 13.7. The SMILES string of the molecule is CC1CCN(C(=O)c2cccc(NC(=O)CCCCl)c2)CC1. The fraction of sp³-hybridized carbons (Fsp3) is 0.529. The third kappa shape index (κ3) is 4.73. The first kappa shape index (κ1) is 16.8. The molecule has 1 fully saturated rings. The van der Waals surface area contributed by atoms with Gasteiger partial charge in [-0.05, 0) is 43.4 Å². The highest BCUT2D eigenvalue weighted by Gasteiger charge is 2.21. The number of likely N-dealkylation sites (tertiary alicyclic amines) is 1. The topological polar surface area (TPSA) is 49.4 Å². The van der Waals surface area contributed by atoms with Crippen molar-refractivity contribution in [3.8, 4) is 0 Å². The number of anilines is 1. The zero-order chi connectivity index (χ0) is 15.9. The summed E-state index contributed by atoms with van der Waals surface area (Å²) in [6.07, 6.45) is 3.16. The standard InChI is InChI=1S/C17H23ClN2O2/c1-13-7-10-20(11-8-13)17(22)14-4-2-5-15(12-14)19-16(21)6-3-9-18/h2,4-5,12-13H,3,6-11H2,1H3,(H,19,21). The molecule has 4 nitrogen and oxygen atoms in total. The summed E-state index contributed by atoms with van der Waals surface area (Å²) >= 11 is 5.58. The smallest absolute Gasteiger partial charge is 0.253 e. The van der Waals surface area contributed by atoms with Crippen LogP contribution in [0.15, 0.2) is 24.3 Å². The van der Waals surface area contributed by atoms with Crippen LogP contribution in [0.1, 0.15) is 43.0 Å².